The summed E-state index contributed by atoms with van der Waals surface area (Å²) < 4.78 is 12.8. The van der Waals surface area contributed by atoms with E-state index in [-0.39, 0.29) is 10.9 Å². The largest absolute Gasteiger partial charge is 0.504 e. The molecule has 0 aliphatic carbocycles. The average molecular weight is 249 g/mol. The second-order valence-electron chi connectivity index (χ2n) is 2.44. The predicted octanol–water partition coefficient (Wildman–Crippen LogP) is 1.92. The van der Waals surface area contributed by atoms with E-state index in [1.807, 2.05) is 0 Å². The van der Waals surface area contributed by atoms with Crippen LogP contribution in [0.15, 0.2) is 16.6 Å². The molecule has 0 spiro atoms. The van der Waals surface area contributed by atoms with Crippen LogP contribution in [0.3, 0.4) is 0 Å². The van der Waals surface area contributed by atoms with Gasteiger partial charge in [0.25, 0.3) is 0 Å². The smallest absolute Gasteiger partial charge is 0.307 e. The Balaban J connectivity index is 3.10. The number of halogens is 2. The predicted molar refractivity (Wildman–Crippen MR) is 47.1 cm³/mol. The molecule has 0 aliphatic heterocycles. The minimum atomic E-state index is -1.04. The van der Waals surface area contributed by atoms with Crippen molar-refractivity contribution in [1.82, 2.24) is 0 Å². The van der Waals surface area contributed by atoms with Gasteiger partial charge in [0.1, 0.15) is 0 Å². The summed E-state index contributed by atoms with van der Waals surface area (Å²) in [6, 6.07) is 2.34. The maximum atomic E-state index is 12.7. The molecule has 0 amide bonds. The molecule has 1 rings (SSSR count). The summed E-state index contributed by atoms with van der Waals surface area (Å²) in [6.45, 7) is 0. The molecule has 70 valence electrons. The van der Waals surface area contributed by atoms with E-state index in [0.29, 0.717) is 5.56 Å². The summed E-state index contributed by atoms with van der Waals surface area (Å²) in [5.41, 5.74) is 0.339. The lowest BCUT2D eigenvalue weighted by molar-refractivity contribution is -0.136. The van der Waals surface area contributed by atoms with Gasteiger partial charge >= 0.3 is 5.97 Å². The molecule has 0 unspecified atom stereocenters. The van der Waals surface area contributed by atoms with Crippen LogP contribution in [0, 0.1) is 5.82 Å². The van der Waals surface area contributed by atoms with Crippen molar-refractivity contribution < 1.29 is 19.4 Å². The minimum Gasteiger partial charge on any atom is -0.504 e. The number of phenolic OH excluding ortho intramolecular Hbond substituents is 1. The maximum absolute atomic E-state index is 12.7. The molecule has 0 bridgehead atoms. The van der Waals surface area contributed by atoms with Gasteiger partial charge in [0.05, 0.1) is 10.9 Å². The lowest BCUT2D eigenvalue weighted by Crippen LogP contribution is -2.01. The number of carbonyl (C=O) groups is 1. The standard InChI is InChI=1S/C8H6BrFO3/c9-7-4(3-6(11)12)1-2-5(10)8(7)13/h1-2,13H,3H2,(H,11,12). The molecule has 0 aliphatic rings. The zero-order valence-corrected chi connectivity index (χ0v) is 8.01. The van der Waals surface area contributed by atoms with Crippen LogP contribution >= 0.6 is 15.9 Å². The van der Waals surface area contributed by atoms with Crippen LogP contribution in [0.25, 0.3) is 0 Å². The van der Waals surface area contributed by atoms with Gasteiger partial charge < -0.3 is 10.2 Å². The van der Waals surface area contributed by atoms with Gasteiger partial charge in [-0.25, -0.2) is 4.39 Å². The van der Waals surface area contributed by atoms with Crippen LogP contribution in [0.2, 0.25) is 0 Å². The molecule has 0 fully saturated rings. The first-order valence-corrected chi connectivity index (χ1v) is 4.19. The van der Waals surface area contributed by atoms with Gasteiger partial charge in [-0.15, -0.1) is 0 Å². The Hall–Kier alpha value is -1.10. The second-order valence-corrected chi connectivity index (χ2v) is 3.23. The second kappa shape index (κ2) is 3.74. The van der Waals surface area contributed by atoms with Gasteiger partial charge in [-0.3, -0.25) is 4.79 Å². The molecule has 0 saturated heterocycles. The molecule has 13 heavy (non-hydrogen) atoms. The van der Waals surface area contributed by atoms with Gasteiger partial charge in [-0.2, -0.15) is 0 Å². The molecule has 0 aromatic heterocycles. The van der Waals surface area contributed by atoms with Gasteiger partial charge in [0.15, 0.2) is 11.6 Å². The number of hydrogen-bond acceptors (Lipinski definition) is 2. The number of benzene rings is 1. The first-order valence-electron chi connectivity index (χ1n) is 3.40. The van der Waals surface area contributed by atoms with Gasteiger partial charge in [0.2, 0.25) is 0 Å². The van der Waals surface area contributed by atoms with E-state index in [1.165, 1.54) is 6.07 Å². The fourth-order valence-corrected chi connectivity index (χ4v) is 1.34. The Labute approximate surface area is 81.9 Å². The SMILES string of the molecule is O=C(O)Cc1ccc(F)c(O)c1Br. The van der Waals surface area contributed by atoms with E-state index in [4.69, 9.17) is 10.2 Å². The van der Waals surface area contributed by atoms with E-state index < -0.39 is 17.5 Å². The fraction of sp³-hybridized carbons (Fsp3) is 0.125. The number of carboxylic acid groups (broad SMARTS) is 1. The Bertz CT molecular complexity index is 351. The van der Waals surface area contributed by atoms with Crippen LogP contribution < -0.4 is 0 Å². The lowest BCUT2D eigenvalue weighted by Gasteiger charge is -2.03. The van der Waals surface area contributed by atoms with Gasteiger partial charge in [-0.05, 0) is 27.6 Å². The molecule has 0 heterocycles. The van der Waals surface area contributed by atoms with Crippen molar-refractivity contribution in [2.45, 2.75) is 6.42 Å². The van der Waals surface area contributed by atoms with Crippen molar-refractivity contribution in [2.75, 3.05) is 0 Å². The fourth-order valence-electron chi connectivity index (χ4n) is 0.882. The molecule has 2 N–H and O–H groups in total. The van der Waals surface area contributed by atoms with Crippen LogP contribution in [-0.2, 0) is 11.2 Å². The normalized spacial score (nSPS) is 10.0. The summed E-state index contributed by atoms with van der Waals surface area (Å²) in [6.07, 6.45) is -0.256. The highest BCUT2D eigenvalue weighted by atomic mass is 79.9. The molecular formula is C8H6BrFO3. The number of phenols is 1. The third-order valence-electron chi connectivity index (χ3n) is 1.49. The Morgan fingerprint density at radius 2 is 2.15 bits per heavy atom. The number of carboxylic acids is 1. The number of aromatic hydroxyl groups is 1. The monoisotopic (exact) mass is 248 g/mol. The summed E-state index contributed by atoms with van der Waals surface area (Å²) in [5, 5.41) is 17.5. The molecule has 0 atom stereocenters. The van der Waals surface area contributed by atoms with Gasteiger partial charge in [0, 0.05) is 0 Å². The molecule has 1 aromatic carbocycles. The van der Waals surface area contributed by atoms with Crippen molar-refractivity contribution in [3.05, 3.63) is 28.0 Å². The van der Waals surface area contributed by atoms with Crippen LogP contribution in [0.1, 0.15) is 5.56 Å². The molecule has 3 nitrogen and oxygen atoms in total. The first kappa shape index (κ1) is 9.98. The first-order chi connectivity index (χ1) is 6.02. The highest BCUT2D eigenvalue weighted by Gasteiger charge is 2.11. The van der Waals surface area contributed by atoms with Crippen molar-refractivity contribution in [2.24, 2.45) is 0 Å². The Kier molecular flexibility index (Phi) is 2.87. The molecule has 5 heteroatoms. The Morgan fingerprint density at radius 3 is 2.69 bits per heavy atom. The lowest BCUT2D eigenvalue weighted by atomic mass is 10.1. The van der Waals surface area contributed by atoms with Crippen LogP contribution in [-0.4, -0.2) is 16.2 Å². The van der Waals surface area contributed by atoms with Gasteiger partial charge in [-0.1, -0.05) is 6.07 Å². The highest BCUT2D eigenvalue weighted by molar-refractivity contribution is 9.10. The number of rotatable bonds is 2. The molecule has 0 radical (unpaired) electrons. The highest BCUT2D eigenvalue weighted by Crippen LogP contribution is 2.30. The third kappa shape index (κ3) is 2.18. The van der Waals surface area contributed by atoms with E-state index in [0.717, 1.165) is 6.07 Å². The van der Waals surface area contributed by atoms with Crippen molar-refractivity contribution in [1.29, 1.82) is 0 Å². The topological polar surface area (TPSA) is 57.5 Å². The van der Waals surface area contributed by atoms with E-state index in [9.17, 15) is 9.18 Å². The summed E-state index contributed by atoms with van der Waals surface area (Å²) in [4.78, 5) is 10.3. The van der Waals surface area contributed by atoms with Crippen LogP contribution in [0.4, 0.5) is 4.39 Å². The molecular weight excluding hydrogens is 243 g/mol. The zero-order valence-electron chi connectivity index (χ0n) is 6.42. The molecule has 1 aromatic rings. The number of aliphatic carboxylic acids is 1. The summed E-state index contributed by atoms with van der Waals surface area (Å²) >= 11 is 2.91. The van der Waals surface area contributed by atoms with E-state index >= 15 is 0 Å². The number of hydrogen-bond donors (Lipinski definition) is 2. The maximum Gasteiger partial charge on any atom is 0.307 e. The van der Waals surface area contributed by atoms with E-state index in [1.54, 1.807) is 0 Å². The third-order valence-corrected chi connectivity index (χ3v) is 2.37. The zero-order chi connectivity index (χ0) is 10.0. The van der Waals surface area contributed by atoms with E-state index in [2.05, 4.69) is 15.9 Å². The summed E-state index contributed by atoms with van der Waals surface area (Å²) in [5.74, 6) is -2.37. The van der Waals surface area contributed by atoms with Crippen molar-refractivity contribution in [3.63, 3.8) is 0 Å². The summed E-state index contributed by atoms with van der Waals surface area (Å²) in [7, 11) is 0. The minimum absolute atomic E-state index is 0.0925. The van der Waals surface area contributed by atoms with Crippen molar-refractivity contribution >= 4 is 21.9 Å². The average Bonchev–Trinajstić information content (AvgIpc) is 2.06. The Morgan fingerprint density at radius 1 is 1.54 bits per heavy atom. The quantitative estimate of drug-likeness (QED) is 0.841. The molecule has 0 saturated carbocycles. The van der Waals surface area contributed by atoms with Crippen LogP contribution in [0.5, 0.6) is 5.75 Å². The van der Waals surface area contributed by atoms with Crippen molar-refractivity contribution in [3.8, 4) is 5.75 Å².